The van der Waals surface area contributed by atoms with Gasteiger partial charge in [0, 0.05) is 17.6 Å². The lowest BCUT2D eigenvalue weighted by atomic mass is 10.1. The van der Waals surface area contributed by atoms with Crippen LogP contribution in [-0.2, 0) is 6.54 Å². The minimum atomic E-state index is 0.287. The third-order valence-corrected chi connectivity index (χ3v) is 2.13. The molecule has 0 radical (unpaired) electrons. The number of aromatic amines is 1. The van der Waals surface area contributed by atoms with Gasteiger partial charge in [0.1, 0.15) is 5.75 Å². The maximum Gasteiger partial charge on any atom is 0.139 e. The molecule has 3 nitrogen and oxygen atoms in total. The molecule has 0 saturated carbocycles. The van der Waals surface area contributed by atoms with Crippen LogP contribution in [0.3, 0.4) is 0 Å². The first-order chi connectivity index (χ1) is 6.20. The van der Waals surface area contributed by atoms with Gasteiger partial charge in [-0.25, -0.2) is 0 Å². The van der Waals surface area contributed by atoms with Gasteiger partial charge in [-0.2, -0.15) is 0 Å². The van der Waals surface area contributed by atoms with E-state index < -0.39 is 0 Å². The lowest BCUT2D eigenvalue weighted by Crippen LogP contribution is -1.94. The second kappa shape index (κ2) is 2.78. The van der Waals surface area contributed by atoms with Crippen molar-refractivity contribution in [3.8, 4) is 5.75 Å². The molecule has 0 aliphatic carbocycles. The normalized spacial score (nSPS) is 10.9. The topological polar surface area (TPSA) is 62.0 Å². The summed E-state index contributed by atoms with van der Waals surface area (Å²) in [6.45, 7) is 2.42. The Bertz CT molecular complexity index is 445. The first-order valence-electron chi connectivity index (χ1n) is 4.22. The maximum absolute atomic E-state index is 9.59. The Morgan fingerprint density at radius 3 is 2.85 bits per heavy atom. The van der Waals surface area contributed by atoms with Crippen LogP contribution < -0.4 is 5.73 Å². The molecule has 0 unspecified atom stereocenters. The number of phenolic OH excluding ortho intramolecular Hbond substituents is 1. The van der Waals surface area contributed by atoms with E-state index in [0.717, 1.165) is 22.2 Å². The molecule has 0 fully saturated rings. The third-order valence-electron chi connectivity index (χ3n) is 2.13. The van der Waals surface area contributed by atoms with Crippen molar-refractivity contribution >= 4 is 10.9 Å². The molecule has 68 valence electrons. The number of aromatic nitrogens is 1. The van der Waals surface area contributed by atoms with Gasteiger partial charge in [-0.15, -0.1) is 0 Å². The smallest absolute Gasteiger partial charge is 0.139 e. The number of phenols is 1. The van der Waals surface area contributed by atoms with Crippen LogP contribution in [-0.4, -0.2) is 10.1 Å². The number of hydrogen-bond donors (Lipinski definition) is 3. The van der Waals surface area contributed by atoms with Crippen molar-refractivity contribution in [1.29, 1.82) is 0 Å². The van der Waals surface area contributed by atoms with Crippen LogP contribution in [0.2, 0.25) is 0 Å². The Kier molecular flexibility index (Phi) is 1.74. The number of benzene rings is 1. The molecule has 0 atom stereocenters. The first-order valence-corrected chi connectivity index (χ1v) is 4.22. The molecule has 2 aromatic rings. The molecule has 0 aliphatic rings. The van der Waals surface area contributed by atoms with Crippen LogP contribution in [0.5, 0.6) is 5.75 Å². The van der Waals surface area contributed by atoms with Crippen LogP contribution in [0.25, 0.3) is 10.9 Å². The zero-order valence-corrected chi connectivity index (χ0v) is 7.46. The van der Waals surface area contributed by atoms with E-state index in [1.807, 2.05) is 19.1 Å². The predicted molar refractivity (Wildman–Crippen MR) is 52.6 cm³/mol. The Labute approximate surface area is 76.2 Å². The highest BCUT2D eigenvalue weighted by Gasteiger charge is 2.04. The molecular weight excluding hydrogens is 164 g/mol. The van der Waals surface area contributed by atoms with Crippen LogP contribution >= 0.6 is 0 Å². The quantitative estimate of drug-likeness (QED) is 0.618. The highest BCUT2D eigenvalue weighted by molar-refractivity contribution is 5.86. The lowest BCUT2D eigenvalue weighted by molar-refractivity contribution is 0.480. The van der Waals surface area contributed by atoms with E-state index in [4.69, 9.17) is 5.73 Å². The van der Waals surface area contributed by atoms with Crippen molar-refractivity contribution < 1.29 is 5.11 Å². The fraction of sp³-hybridized carbons (Fsp3) is 0.200. The molecule has 0 amide bonds. The van der Waals surface area contributed by atoms with E-state index in [2.05, 4.69) is 4.98 Å². The predicted octanol–water partition coefficient (Wildman–Crippen LogP) is 1.64. The fourth-order valence-corrected chi connectivity index (χ4v) is 1.54. The summed E-state index contributed by atoms with van der Waals surface area (Å²) in [6, 6.07) is 5.71. The van der Waals surface area contributed by atoms with Gasteiger partial charge in [-0.3, -0.25) is 0 Å². The zero-order valence-electron chi connectivity index (χ0n) is 7.46. The summed E-state index contributed by atoms with van der Waals surface area (Å²) < 4.78 is 0. The van der Waals surface area contributed by atoms with Gasteiger partial charge in [0.2, 0.25) is 0 Å². The van der Waals surface area contributed by atoms with E-state index in [0.29, 0.717) is 6.54 Å². The molecule has 0 aliphatic heterocycles. The average molecular weight is 176 g/mol. The van der Waals surface area contributed by atoms with Crippen molar-refractivity contribution in [3.63, 3.8) is 0 Å². The molecule has 1 aromatic carbocycles. The first kappa shape index (κ1) is 8.13. The number of fused-ring (bicyclic) bond motifs is 1. The number of aromatic hydroxyl groups is 1. The van der Waals surface area contributed by atoms with Crippen molar-refractivity contribution in [2.24, 2.45) is 5.73 Å². The van der Waals surface area contributed by atoms with Crippen molar-refractivity contribution in [2.75, 3.05) is 0 Å². The van der Waals surface area contributed by atoms with Gasteiger partial charge in [0.05, 0.1) is 5.52 Å². The van der Waals surface area contributed by atoms with E-state index in [9.17, 15) is 5.11 Å². The minimum absolute atomic E-state index is 0.287. The van der Waals surface area contributed by atoms with Crippen molar-refractivity contribution in [1.82, 2.24) is 4.98 Å². The van der Waals surface area contributed by atoms with Gasteiger partial charge in [-0.1, -0.05) is 0 Å². The highest BCUT2D eigenvalue weighted by atomic mass is 16.3. The lowest BCUT2D eigenvalue weighted by Gasteiger charge is -1.96. The molecule has 0 spiro atoms. The van der Waals surface area contributed by atoms with Crippen LogP contribution in [0.15, 0.2) is 18.2 Å². The Morgan fingerprint density at radius 2 is 2.15 bits per heavy atom. The molecule has 3 heteroatoms. The number of aryl methyl sites for hydroxylation is 1. The fourth-order valence-electron chi connectivity index (χ4n) is 1.54. The minimum Gasteiger partial charge on any atom is -0.506 e. The molecule has 1 aromatic heterocycles. The van der Waals surface area contributed by atoms with Crippen LogP contribution in [0.4, 0.5) is 0 Å². The second-order valence-corrected chi connectivity index (χ2v) is 3.25. The van der Waals surface area contributed by atoms with Gasteiger partial charge >= 0.3 is 0 Å². The number of H-pyrrole nitrogens is 1. The molecule has 2 rings (SSSR count). The largest absolute Gasteiger partial charge is 0.506 e. The Morgan fingerprint density at radius 1 is 1.38 bits per heavy atom. The van der Waals surface area contributed by atoms with Crippen molar-refractivity contribution in [2.45, 2.75) is 13.5 Å². The number of hydrogen-bond acceptors (Lipinski definition) is 2. The molecular formula is C10H12N2O. The Balaban J connectivity index is 2.75. The van der Waals surface area contributed by atoms with Crippen LogP contribution in [0.1, 0.15) is 11.3 Å². The summed E-state index contributed by atoms with van der Waals surface area (Å²) in [7, 11) is 0. The van der Waals surface area contributed by atoms with E-state index in [-0.39, 0.29) is 5.75 Å². The van der Waals surface area contributed by atoms with Gasteiger partial charge in [-0.05, 0) is 30.7 Å². The molecule has 4 N–H and O–H groups in total. The van der Waals surface area contributed by atoms with Crippen LogP contribution in [0, 0.1) is 6.92 Å². The summed E-state index contributed by atoms with van der Waals surface area (Å²) in [4.78, 5) is 3.07. The third kappa shape index (κ3) is 1.27. The van der Waals surface area contributed by atoms with Gasteiger partial charge in [0.15, 0.2) is 0 Å². The zero-order chi connectivity index (χ0) is 9.42. The molecule has 1 heterocycles. The molecule has 13 heavy (non-hydrogen) atoms. The van der Waals surface area contributed by atoms with E-state index in [1.165, 1.54) is 0 Å². The maximum atomic E-state index is 9.59. The van der Waals surface area contributed by atoms with Gasteiger partial charge < -0.3 is 15.8 Å². The highest BCUT2D eigenvalue weighted by Crippen LogP contribution is 2.26. The summed E-state index contributed by atoms with van der Waals surface area (Å²) in [5.74, 6) is 0.287. The summed E-state index contributed by atoms with van der Waals surface area (Å²) in [5, 5.41) is 10.6. The SMILES string of the molecule is Cc1cc(O)c2[nH]c(CN)cc2c1. The van der Waals surface area contributed by atoms with E-state index in [1.54, 1.807) is 6.07 Å². The monoisotopic (exact) mass is 176 g/mol. The van der Waals surface area contributed by atoms with Gasteiger partial charge in [0.25, 0.3) is 0 Å². The molecule has 0 saturated heterocycles. The number of nitrogens with one attached hydrogen (secondary N) is 1. The van der Waals surface area contributed by atoms with Crippen molar-refractivity contribution in [3.05, 3.63) is 29.5 Å². The summed E-state index contributed by atoms with van der Waals surface area (Å²) >= 11 is 0. The standard InChI is InChI=1S/C10H12N2O/c1-6-2-7-4-8(5-11)12-10(7)9(13)3-6/h2-4,12-13H,5,11H2,1H3. The number of nitrogens with two attached hydrogens (primary N) is 1. The molecule has 0 bridgehead atoms. The summed E-state index contributed by atoms with van der Waals surface area (Å²) in [6.07, 6.45) is 0. The second-order valence-electron chi connectivity index (χ2n) is 3.25. The Hall–Kier alpha value is -1.48. The average Bonchev–Trinajstić information content (AvgIpc) is 2.47. The summed E-state index contributed by atoms with van der Waals surface area (Å²) in [5.41, 5.74) is 8.25. The number of rotatable bonds is 1. The van der Waals surface area contributed by atoms with E-state index >= 15 is 0 Å².